The Morgan fingerprint density at radius 3 is 2.52 bits per heavy atom. The van der Waals surface area contributed by atoms with Crippen molar-refractivity contribution in [3.63, 3.8) is 0 Å². The first-order valence-corrected chi connectivity index (χ1v) is 7.76. The molecule has 1 saturated heterocycles. The molecule has 1 aliphatic heterocycles. The molecule has 8 heteroatoms. The number of phenols is 1. The Morgan fingerprint density at radius 2 is 1.92 bits per heavy atom. The molecule has 1 fully saturated rings. The van der Waals surface area contributed by atoms with Gasteiger partial charge < -0.3 is 24.4 Å². The van der Waals surface area contributed by atoms with Gasteiger partial charge in [-0.05, 0) is 13.0 Å². The average Bonchev–Trinajstić information content (AvgIpc) is 2.55. The van der Waals surface area contributed by atoms with Gasteiger partial charge in [0.2, 0.25) is 0 Å². The van der Waals surface area contributed by atoms with Gasteiger partial charge in [0.25, 0.3) is 0 Å². The molecule has 2 aliphatic rings. The maximum absolute atomic E-state index is 12.9. The van der Waals surface area contributed by atoms with E-state index in [1.54, 1.807) is 0 Å². The summed E-state index contributed by atoms with van der Waals surface area (Å²) in [5, 5.41) is 20.4. The quantitative estimate of drug-likeness (QED) is 0.739. The largest absolute Gasteiger partial charge is 0.507 e. The van der Waals surface area contributed by atoms with E-state index in [1.165, 1.54) is 26.2 Å². The number of rotatable bonds is 2. The maximum atomic E-state index is 12.9. The predicted molar refractivity (Wildman–Crippen MR) is 82.7 cm³/mol. The number of aliphatic hydroxyl groups excluding tert-OH is 1. The molecule has 0 saturated carbocycles. The molecule has 0 radical (unpaired) electrons. The van der Waals surface area contributed by atoms with Crippen LogP contribution in [0, 0.1) is 5.92 Å². The number of benzene rings is 1. The van der Waals surface area contributed by atoms with Crippen LogP contribution in [-0.4, -0.2) is 59.3 Å². The van der Waals surface area contributed by atoms with Crippen LogP contribution in [0.2, 0.25) is 0 Å². The number of phenolic OH excluding ortho intramolecular Hbond substituents is 1. The van der Waals surface area contributed by atoms with E-state index >= 15 is 0 Å². The zero-order chi connectivity index (χ0) is 18.5. The molecular formula is C17H18O8. The van der Waals surface area contributed by atoms with E-state index in [0.717, 1.165) is 6.92 Å². The van der Waals surface area contributed by atoms with Gasteiger partial charge in [-0.15, -0.1) is 0 Å². The van der Waals surface area contributed by atoms with Crippen LogP contribution in [0.25, 0.3) is 0 Å². The van der Waals surface area contributed by atoms with Crippen LogP contribution in [-0.2, 0) is 14.3 Å². The molecule has 8 nitrogen and oxygen atoms in total. The highest BCUT2D eigenvalue weighted by atomic mass is 16.6. The maximum Gasteiger partial charge on any atom is 0.303 e. The fourth-order valence-electron chi connectivity index (χ4n) is 3.39. The van der Waals surface area contributed by atoms with Gasteiger partial charge in [-0.1, -0.05) is 0 Å². The summed E-state index contributed by atoms with van der Waals surface area (Å²) < 4.78 is 15.7. The first kappa shape index (κ1) is 17.4. The number of hydrogen-bond acceptors (Lipinski definition) is 8. The van der Waals surface area contributed by atoms with Crippen LogP contribution < -0.4 is 4.74 Å². The molecule has 0 amide bonds. The highest BCUT2D eigenvalue weighted by molar-refractivity contribution is 6.19. The van der Waals surface area contributed by atoms with Crippen LogP contribution >= 0.6 is 0 Å². The zero-order valence-corrected chi connectivity index (χ0v) is 13.9. The van der Waals surface area contributed by atoms with Gasteiger partial charge in [-0.2, -0.15) is 0 Å². The Kier molecular flexibility index (Phi) is 4.26. The number of carbonyl (C=O) groups excluding carboxylic acids is 3. The van der Waals surface area contributed by atoms with Crippen molar-refractivity contribution >= 4 is 17.5 Å². The molecule has 1 aromatic carbocycles. The lowest BCUT2D eigenvalue weighted by Gasteiger charge is -2.44. The monoisotopic (exact) mass is 350 g/mol. The summed E-state index contributed by atoms with van der Waals surface area (Å²) in [5.41, 5.74) is -0.206. The van der Waals surface area contributed by atoms with E-state index in [2.05, 4.69) is 0 Å². The molecule has 0 aromatic heterocycles. The van der Waals surface area contributed by atoms with E-state index in [0.29, 0.717) is 0 Å². The Balaban J connectivity index is 2.14. The number of Topliss-reactive ketones (excluding diaryl/α,β-unsaturated/α-hetero) is 2. The molecule has 134 valence electrons. The summed E-state index contributed by atoms with van der Waals surface area (Å²) in [6.07, 6.45) is -4.54. The Hall–Kier alpha value is -2.45. The smallest absolute Gasteiger partial charge is 0.303 e. The second-order valence-corrected chi connectivity index (χ2v) is 6.15. The van der Waals surface area contributed by atoms with E-state index in [1.807, 2.05) is 0 Å². The molecule has 0 bridgehead atoms. The molecule has 1 aromatic rings. The van der Waals surface area contributed by atoms with Crippen LogP contribution in [0.3, 0.4) is 0 Å². The van der Waals surface area contributed by atoms with Crippen molar-refractivity contribution < 1.29 is 38.8 Å². The standard InChI is InChI=1S/C17H18O8/c1-6-13(20)16(25-7(2)18)12-15(22)11-9(14(21)17(12)24-6)4-8(23-3)5-10(11)19/h4-6,12-13,16-17,19-20H,1-3H3. The number of methoxy groups -OCH3 is 1. The van der Waals surface area contributed by atoms with Crippen molar-refractivity contribution in [1.29, 1.82) is 0 Å². The molecule has 5 atom stereocenters. The second-order valence-electron chi connectivity index (χ2n) is 6.15. The highest BCUT2D eigenvalue weighted by Crippen LogP contribution is 2.41. The van der Waals surface area contributed by atoms with Gasteiger partial charge in [-0.25, -0.2) is 0 Å². The summed E-state index contributed by atoms with van der Waals surface area (Å²) in [7, 11) is 1.37. The fraction of sp³-hybridized carbons (Fsp3) is 0.471. The number of hydrogen-bond donors (Lipinski definition) is 2. The lowest BCUT2D eigenvalue weighted by molar-refractivity contribution is -0.193. The molecule has 2 N–H and O–H groups in total. The van der Waals surface area contributed by atoms with Gasteiger partial charge in [0.15, 0.2) is 11.6 Å². The molecule has 5 unspecified atom stereocenters. The van der Waals surface area contributed by atoms with Gasteiger partial charge in [-0.3, -0.25) is 14.4 Å². The minimum atomic E-state index is -1.27. The third kappa shape index (κ3) is 2.67. The highest BCUT2D eigenvalue weighted by Gasteiger charge is 2.55. The van der Waals surface area contributed by atoms with Crippen LogP contribution in [0.5, 0.6) is 11.5 Å². The Morgan fingerprint density at radius 1 is 1.24 bits per heavy atom. The predicted octanol–water partition coefficient (Wildman–Crippen LogP) is 0.476. The summed E-state index contributed by atoms with van der Waals surface area (Å²) in [6.45, 7) is 2.67. The minimum Gasteiger partial charge on any atom is -0.507 e. The number of ketones is 2. The minimum absolute atomic E-state index is 0.0201. The second kappa shape index (κ2) is 6.12. The summed E-state index contributed by atoms with van der Waals surface area (Å²) in [5.74, 6) is -3.28. The van der Waals surface area contributed by atoms with Crippen molar-refractivity contribution in [2.75, 3.05) is 7.11 Å². The zero-order valence-electron chi connectivity index (χ0n) is 13.9. The third-order valence-electron chi connectivity index (χ3n) is 4.56. The molecule has 25 heavy (non-hydrogen) atoms. The van der Waals surface area contributed by atoms with Gasteiger partial charge in [0, 0.05) is 18.6 Å². The summed E-state index contributed by atoms with van der Waals surface area (Å²) >= 11 is 0. The van der Waals surface area contributed by atoms with Gasteiger partial charge in [0.05, 0.1) is 24.7 Å². The van der Waals surface area contributed by atoms with Gasteiger partial charge in [0.1, 0.15) is 29.8 Å². The van der Waals surface area contributed by atoms with E-state index < -0.39 is 53.6 Å². The lowest BCUT2D eigenvalue weighted by Crippen LogP contribution is -2.61. The first-order valence-electron chi connectivity index (χ1n) is 7.76. The number of aromatic hydroxyl groups is 1. The Labute approximate surface area is 143 Å². The Bertz CT molecular complexity index is 755. The SMILES string of the molecule is COc1cc(O)c2c(c1)C(=O)C1OC(C)C(O)C(OC(C)=O)C1C2=O. The van der Waals surface area contributed by atoms with Crippen LogP contribution in [0.4, 0.5) is 0 Å². The summed E-state index contributed by atoms with van der Waals surface area (Å²) in [4.78, 5) is 37.1. The van der Waals surface area contributed by atoms with Crippen molar-refractivity contribution in [2.24, 2.45) is 5.92 Å². The number of esters is 1. The normalized spacial score (nSPS) is 31.1. The van der Waals surface area contributed by atoms with E-state index in [-0.39, 0.29) is 16.9 Å². The van der Waals surface area contributed by atoms with E-state index in [9.17, 15) is 24.6 Å². The first-order chi connectivity index (χ1) is 11.8. The molecular weight excluding hydrogens is 332 g/mol. The number of fused-ring (bicyclic) bond motifs is 2. The van der Waals surface area contributed by atoms with Crippen molar-refractivity contribution in [3.05, 3.63) is 23.3 Å². The summed E-state index contributed by atoms with van der Waals surface area (Å²) in [6, 6.07) is 2.57. The molecule has 1 heterocycles. The number of aliphatic hydroxyl groups is 1. The lowest BCUT2D eigenvalue weighted by atomic mass is 9.73. The topological polar surface area (TPSA) is 119 Å². The average molecular weight is 350 g/mol. The fourth-order valence-corrected chi connectivity index (χ4v) is 3.39. The third-order valence-corrected chi connectivity index (χ3v) is 4.56. The molecule has 3 rings (SSSR count). The van der Waals surface area contributed by atoms with Crippen LogP contribution in [0.15, 0.2) is 12.1 Å². The van der Waals surface area contributed by atoms with Crippen molar-refractivity contribution in [3.8, 4) is 11.5 Å². The van der Waals surface area contributed by atoms with Crippen molar-refractivity contribution in [2.45, 2.75) is 38.3 Å². The molecule has 0 spiro atoms. The van der Waals surface area contributed by atoms with Crippen LogP contribution in [0.1, 0.15) is 34.6 Å². The van der Waals surface area contributed by atoms with E-state index in [4.69, 9.17) is 14.2 Å². The number of ether oxygens (including phenoxy) is 3. The number of carbonyl (C=O) groups is 3. The van der Waals surface area contributed by atoms with Crippen molar-refractivity contribution in [1.82, 2.24) is 0 Å². The molecule has 1 aliphatic carbocycles. The van der Waals surface area contributed by atoms with Gasteiger partial charge >= 0.3 is 5.97 Å².